The summed E-state index contributed by atoms with van der Waals surface area (Å²) < 4.78 is 24.0. The van der Waals surface area contributed by atoms with Crippen LogP contribution in [0.4, 0.5) is 8.78 Å². The molecule has 0 aliphatic heterocycles. The number of carbonyl (C=O) groups is 1. The maximum absolute atomic E-state index is 12.0. The summed E-state index contributed by atoms with van der Waals surface area (Å²) in [6.07, 6.45) is -1.01. The molecule has 1 aliphatic carbocycles. The summed E-state index contributed by atoms with van der Waals surface area (Å²) in [7, 11) is 0. The lowest BCUT2D eigenvalue weighted by atomic mass is 9.79. The Hall–Kier alpha value is -0.900. The lowest BCUT2D eigenvalue weighted by Crippen LogP contribution is -2.20. The Morgan fingerprint density at radius 1 is 1.25 bits per heavy atom. The van der Waals surface area contributed by atoms with Gasteiger partial charge in [-0.3, -0.25) is 4.79 Å². The van der Waals surface area contributed by atoms with Gasteiger partial charge in [0.25, 0.3) is 0 Å². The van der Waals surface area contributed by atoms with Crippen LogP contribution >= 0.6 is 11.8 Å². The fraction of sp³-hybridized carbons (Fsp3) is 0.417. The van der Waals surface area contributed by atoms with Crippen molar-refractivity contribution in [3.63, 3.8) is 0 Å². The molecule has 1 aromatic rings. The van der Waals surface area contributed by atoms with Crippen molar-refractivity contribution in [1.29, 1.82) is 0 Å². The number of halogens is 2. The summed E-state index contributed by atoms with van der Waals surface area (Å²) in [6.45, 7) is 0. The lowest BCUT2D eigenvalue weighted by molar-refractivity contribution is -0.124. The van der Waals surface area contributed by atoms with Gasteiger partial charge in [0.2, 0.25) is 6.43 Å². The Morgan fingerprint density at radius 2 is 1.88 bits per heavy atom. The van der Waals surface area contributed by atoms with Gasteiger partial charge >= 0.3 is 0 Å². The molecular formula is C12H12F2OS. The van der Waals surface area contributed by atoms with Crippen LogP contribution in [-0.4, -0.2) is 18.0 Å². The average molecular weight is 242 g/mol. The zero-order valence-electron chi connectivity index (χ0n) is 8.66. The summed E-state index contributed by atoms with van der Waals surface area (Å²) in [5.41, 5.74) is 1.14. The molecule has 0 atom stereocenters. The van der Waals surface area contributed by atoms with Crippen LogP contribution in [0.1, 0.15) is 24.3 Å². The van der Waals surface area contributed by atoms with E-state index in [0.29, 0.717) is 24.5 Å². The third kappa shape index (κ3) is 2.82. The first-order chi connectivity index (χ1) is 7.65. The number of rotatable bonds is 4. The summed E-state index contributed by atoms with van der Waals surface area (Å²) in [6, 6.07) is 7.58. The van der Waals surface area contributed by atoms with Gasteiger partial charge in [0.05, 0.1) is 5.75 Å². The highest BCUT2D eigenvalue weighted by atomic mass is 32.2. The number of ketones is 1. The van der Waals surface area contributed by atoms with Crippen molar-refractivity contribution < 1.29 is 13.6 Å². The van der Waals surface area contributed by atoms with E-state index < -0.39 is 6.43 Å². The minimum atomic E-state index is -2.27. The zero-order valence-corrected chi connectivity index (χ0v) is 9.47. The van der Waals surface area contributed by atoms with Crippen molar-refractivity contribution in [2.45, 2.75) is 30.1 Å². The highest BCUT2D eigenvalue weighted by molar-refractivity contribution is 7.99. The predicted molar refractivity (Wildman–Crippen MR) is 60.2 cm³/mol. The number of benzene rings is 1. The van der Waals surface area contributed by atoms with Crippen LogP contribution in [-0.2, 0) is 4.79 Å². The fourth-order valence-corrected chi connectivity index (χ4v) is 2.37. The molecule has 0 heterocycles. The van der Waals surface area contributed by atoms with E-state index in [1.165, 1.54) is 0 Å². The van der Waals surface area contributed by atoms with Crippen molar-refractivity contribution in [1.82, 2.24) is 0 Å². The molecule has 1 nitrogen and oxygen atoms in total. The summed E-state index contributed by atoms with van der Waals surface area (Å²) in [5, 5.41) is 0. The standard InChI is InChI=1S/C12H12F2OS/c13-12(14)7-16-11-3-1-8(2-4-11)9-5-10(15)6-9/h1-4,9,12H,5-7H2. The number of alkyl halides is 2. The van der Waals surface area contributed by atoms with Gasteiger partial charge in [-0.05, 0) is 23.6 Å². The average Bonchev–Trinajstić information content (AvgIpc) is 2.23. The maximum Gasteiger partial charge on any atom is 0.247 e. The topological polar surface area (TPSA) is 17.1 Å². The second-order valence-corrected chi connectivity index (χ2v) is 5.01. The monoisotopic (exact) mass is 242 g/mol. The molecule has 0 N–H and O–H groups in total. The largest absolute Gasteiger partial charge is 0.300 e. The number of Topliss-reactive ketones (excluding diaryl/α,β-unsaturated/α-hetero) is 1. The van der Waals surface area contributed by atoms with Crippen molar-refractivity contribution in [3.8, 4) is 0 Å². The molecule has 0 amide bonds. The van der Waals surface area contributed by atoms with E-state index in [-0.39, 0.29) is 5.75 Å². The van der Waals surface area contributed by atoms with E-state index in [0.717, 1.165) is 22.2 Å². The van der Waals surface area contributed by atoms with Gasteiger partial charge in [0, 0.05) is 17.7 Å². The third-order valence-corrected chi connectivity index (χ3v) is 3.70. The molecule has 1 fully saturated rings. The van der Waals surface area contributed by atoms with E-state index in [1.54, 1.807) is 0 Å². The van der Waals surface area contributed by atoms with Crippen LogP contribution in [0.15, 0.2) is 29.2 Å². The van der Waals surface area contributed by atoms with Crippen LogP contribution in [0.3, 0.4) is 0 Å². The molecule has 4 heteroatoms. The van der Waals surface area contributed by atoms with Crippen LogP contribution in [0.25, 0.3) is 0 Å². The molecule has 0 spiro atoms. The second-order valence-electron chi connectivity index (χ2n) is 3.91. The van der Waals surface area contributed by atoms with Crippen molar-refractivity contribution in [3.05, 3.63) is 29.8 Å². The zero-order chi connectivity index (χ0) is 11.5. The SMILES string of the molecule is O=C1CC(c2ccc(SCC(F)F)cc2)C1. The summed E-state index contributed by atoms with van der Waals surface area (Å²) in [5.74, 6) is 0.490. The van der Waals surface area contributed by atoms with Gasteiger partial charge in [0.1, 0.15) is 5.78 Å². The van der Waals surface area contributed by atoms with Crippen LogP contribution in [0.5, 0.6) is 0 Å². The number of hydrogen-bond acceptors (Lipinski definition) is 2. The summed E-state index contributed by atoms with van der Waals surface area (Å²) >= 11 is 1.16. The summed E-state index contributed by atoms with van der Waals surface area (Å²) in [4.78, 5) is 11.7. The molecule has 16 heavy (non-hydrogen) atoms. The highest BCUT2D eigenvalue weighted by Crippen LogP contribution is 2.34. The molecule has 0 radical (unpaired) electrons. The third-order valence-electron chi connectivity index (χ3n) is 2.68. The highest BCUT2D eigenvalue weighted by Gasteiger charge is 2.27. The number of carbonyl (C=O) groups excluding carboxylic acids is 1. The first-order valence-electron chi connectivity index (χ1n) is 5.18. The molecule has 0 saturated heterocycles. The first kappa shape index (κ1) is 11.6. The van der Waals surface area contributed by atoms with Crippen molar-refractivity contribution in [2.24, 2.45) is 0 Å². The van der Waals surface area contributed by atoms with Crippen molar-refractivity contribution in [2.75, 3.05) is 5.75 Å². The van der Waals surface area contributed by atoms with E-state index >= 15 is 0 Å². The molecule has 2 rings (SSSR count). The Balaban J connectivity index is 1.91. The van der Waals surface area contributed by atoms with Gasteiger partial charge in [0.15, 0.2) is 0 Å². The van der Waals surface area contributed by atoms with Crippen LogP contribution in [0.2, 0.25) is 0 Å². The molecule has 0 unspecified atom stereocenters. The Kier molecular flexibility index (Phi) is 3.59. The Bertz CT molecular complexity index is 367. The number of thioether (sulfide) groups is 1. The lowest BCUT2D eigenvalue weighted by Gasteiger charge is -2.24. The molecule has 1 aromatic carbocycles. The molecular weight excluding hydrogens is 230 g/mol. The first-order valence-corrected chi connectivity index (χ1v) is 6.16. The van der Waals surface area contributed by atoms with E-state index in [2.05, 4.69) is 0 Å². The molecule has 1 saturated carbocycles. The van der Waals surface area contributed by atoms with Gasteiger partial charge in [-0.1, -0.05) is 12.1 Å². The van der Waals surface area contributed by atoms with Crippen LogP contribution < -0.4 is 0 Å². The van der Waals surface area contributed by atoms with Gasteiger partial charge in [-0.15, -0.1) is 11.8 Å². The molecule has 0 aromatic heterocycles. The van der Waals surface area contributed by atoms with Gasteiger partial charge < -0.3 is 0 Å². The number of hydrogen-bond donors (Lipinski definition) is 0. The van der Waals surface area contributed by atoms with E-state index in [4.69, 9.17) is 0 Å². The van der Waals surface area contributed by atoms with Gasteiger partial charge in [-0.25, -0.2) is 8.78 Å². The predicted octanol–water partition coefficient (Wildman–Crippen LogP) is 3.49. The Labute approximate surface area is 97.2 Å². The quantitative estimate of drug-likeness (QED) is 0.752. The maximum atomic E-state index is 12.0. The molecule has 86 valence electrons. The second kappa shape index (κ2) is 4.95. The van der Waals surface area contributed by atoms with Crippen molar-refractivity contribution >= 4 is 17.5 Å². The van der Waals surface area contributed by atoms with E-state index in [1.807, 2.05) is 24.3 Å². The molecule has 0 bridgehead atoms. The normalized spacial score (nSPS) is 16.6. The smallest absolute Gasteiger partial charge is 0.247 e. The molecule has 1 aliphatic rings. The van der Waals surface area contributed by atoms with Gasteiger partial charge in [-0.2, -0.15) is 0 Å². The van der Waals surface area contributed by atoms with Crippen LogP contribution in [0, 0.1) is 0 Å². The van der Waals surface area contributed by atoms with E-state index in [9.17, 15) is 13.6 Å². The minimum absolute atomic E-state index is 0.165. The Morgan fingerprint density at radius 3 is 2.38 bits per heavy atom. The minimum Gasteiger partial charge on any atom is -0.300 e. The fourth-order valence-electron chi connectivity index (χ4n) is 1.72.